The topological polar surface area (TPSA) is 153 Å². The quantitative estimate of drug-likeness (QED) is 0.159. The van der Waals surface area contributed by atoms with Crippen LogP contribution in [0.5, 0.6) is 11.5 Å². The lowest BCUT2D eigenvalue weighted by Crippen LogP contribution is -2.09. The van der Waals surface area contributed by atoms with Crippen LogP contribution in [0, 0.1) is 23.7 Å². The van der Waals surface area contributed by atoms with Crippen LogP contribution in [-0.2, 0) is 13.2 Å². The molecule has 0 aliphatic carbocycles. The Hall–Kier alpha value is -8.22. The Labute approximate surface area is 320 Å². The first kappa shape index (κ1) is 36.2. The third-order valence-electron chi connectivity index (χ3n) is 8.15. The van der Waals surface area contributed by atoms with Gasteiger partial charge in [-0.1, -0.05) is 109 Å². The zero-order chi connectivity index (χ0) is 38.7. The van der Waals surface area contributed by atoms with E-state index in [1.165, 1.54) is 21.7 Å². The molecule has 12 heteroatoms. The standard InChI is InChI=1S/2C22H15N3O3/c2*26-22(27)20-19(28-14-17-9-5-2-6-10-17)13-18(25-21(20)23-15-24-25)12-11-16-7-3-1-4-8-16/h2*1-10,13,15H,14H2,(H,26,27). The number of aromatic nitrogens is 6. The van der Waals surface area contributed by atoms with Gasteiger partial charge >= 0.3 is 11.9 Å². The first-order chi connectivity index (χ1) is 27.4. The molecule has 8 rings (SSSR count). The molecular weight excluding hydrogens is 709 g/mol. The SMILES string of the molecule is O=C(O)c1c(OCc2ccccc2)cc(C#Cc2ccccc2)n2ncnc12.O=C(O)c1c(OCc2ccccc2)cc(C#Cc2ccccc2)n2ncnc12. The van der Waals surface area contributed by atoms with Crippen LogP contribution in [0.2, 0.25) is 0 Å². The van der Waals surface area contributed by atoms with Crippen LogP contribution < -0.4 is 9.47 Å². The molecule has 0 saturated carbocycles. The van der Waals surface area contributed by atoms with Gasteiger partial charge in [-0.25, -0.2) is 28.6 Å². The average Bonchev–Trinajstić information content (AvgIpc) is 3.93. The number of hydrogen-bond donors (Lipinski definition) is 2. The second kappa shape index (κ2) is 17.1. The van der Waals surface area contributed by atoms with Crippen molar-refractivity contribution in [3.05, 3.63) is 191 Å². The molecule has 8 aromatic rings. The maximum Gasteiger partial charge on any atom is 0.343 e. The van der Waals surface area contributed by atoms with Crippen molar-refractivity contribution in [2.24, 2.45) is 0 Å². The van der Waals surface area contributed by atoms with Crippen molar-refractivity contribution >= 4 is 23.2 Å². The summed E-state index contributed by atoms with van der Waals surface area (Å²) in [6, 6.07) is 41.2. The van der Waals surface area contributed by atoms with E-state index in [0.29, 0.717) is 11.4 Å². The number of hydrogen-bond acceptors (Lipinski definition) is 8. The summed E-state index contributed by atoms with van der Waals surface area (Å²) < 4.78 is 14.5. The average molecular weight is 739 g/mol. The van der Waals surface area contributed by atoms with Crippen molar-refractivity contribution in [3.8, 4) is 35.2 Å². The fraction of sp³-hybridized carbons (Fsp3) is 0.0455. The zero-order valence-corrected chi connectivity index (χ0v) is 29.5. The number of carbonyl (C=O) groups is 2. The molecule has 12 nitrogen and oxygen atoms in total. The lowest BCUT2D eigenvalue weighted by molar-refractivity contribution is 0.0682. The fourth-order valence-electron chi connectivity index (χ4n) is 5.51. The zero-order valence-electron chi connectivity index (χ0n) is 29.5. The van der Waals surface area contributed by atoms with Gasteiger partial charge in [-0.15, -0.1) is 0 Å². The first-order valence-corrected chi connectivity index (χ1v) is 17.1. The summed E-state index contributed by atoms with van der Waals surface area (Å²) in [7, 11) is 0. The van der Waals surface area contributed by atoms with Gasteiger partial charge in [0.2, 0.25) is 0 Å². The van der Waals surface area contributed by atoms with E-state index in [-0.39, 0.29) is 47.1 Å². The highest BCUT2D eigenvalue weighted by Crippen LogP contribution is 2.27. The number of fused-ring (bicyclic) bond motifs is 2. The smallest absolute Gasteiger partial charge is 0.343 e. The van der Waals surface area contributed by atoms with Crippen LogP contribution in [-0.4, -0.2) is 51.3 Å². The van der Waals surface area contributed by atoms with Crippen LogP contribution in [0.4, 0.5) is 0 Å². The minimum Gasteiger partial charge on any atom is -0.488 e. The van der Waals surface area contributed by atoms with Gasteiger partial charge < -0.3 is 19.7 Å². The van der Waals surface area contributed by atoms with Crippen molar-refractivity contribution in [1.82, 2.24) is 29.2 Å². The van der Waals surface area contributed by atoms with Gasteiger partial charge in [0.25, 0.3) is 0 Å². The largest absolute Gasteiger partial charge is 0.488 e. The molecule has 56 heavy (non-hydrogen) atoms. The first-order valence-electron chi connectivity index (χ1n) is 17.1. The predicted octanol–water partition coefficient (Wildman–Crippen LogP) is 6.81. The summed E-state index contributed by atoms with van der Waals surface area (Å²) in [5, 5.41) is 27.6. The Morgan fingerprint density at radius 2 is 0.875 bits per heavy atom. The van der Waals surface area contributed by atoms with E-state index in [2.05, 4.69) is 43.8 Å². The van der Waals surface area contributed by atoms with Crippen molar-refractivity contribution in [2.45, 2.75) is 13.2 Å². The number of nitrogens with zero attached hydrogens (tertiary/aromatic N) is 6. The molecule has 0 aliphatic rings. The number of benzene rings is 4. The van der Waals surface area contributed by atoms with E-state index < -0.39 is 11.9 Å². The molecule has 4 heterocycles. The molecule has 272 valence electrons. The fourth-order valence-corrected chi connectivity index (χ4v) is 5.51. The number of rotatable bonds is 8. The molecule has 4 aromatic heterocycles. The molecule has 0 radical (unpaired) electrons. The predicted molar refractivity (Wildman–Crippen MR) is 206 cm³/mol. The number of pyridine rings is 2. The van der Waals surface area contributed by atoms with Gasteiger partial charge in [-0.2, -0.15) is 10.2 Å². The normalized spacial score (nSPS) is 10.3. The second-order valence-corrected chi connectivity index (χ2v) is 11.9. The summed E-state index contributed by atoms with van der Waals surface area (Å²) in [6.45, 7) is 0.466. The minimum absolute atomic E-state index is 0.0429. The Morgan fingerprint density at radius 1 is 0.518 bits per heavy atom. The number of aromatic carboxylic acids is 2. The lowest BCUT2D eigenvalue weighted by atomic mass is 10.2. The Kier molecular flexibility index (Phi) is 11.0. The van der Waals surface area contributed by atoms with E-state index in [1.54, 1.807) is 12.1 Å². The van der Waals surface area contributed by atoms with Gasteiger partial charge in [0.1, 0.15) is 59.9 Å². The lowest BCUT2D eigenvalue weighted by Gasteiger charge is -2.11. The molecule has 0 bridgehead atoms. The Balaban J connectivity index is 0.000000172. The third kappa shape index (κ3) is 8.52. The van der Waals surface area contributed by atoms with E-state index in [9.17, 15) is 19.8 Å². The van der Waals surface area contributed by atoms with Crippen LogP contribution in [0.3, 0.4) is 0 Å². The van der Waals surface area contributed by atoms with Gasteiger partial charge in [-0.05, 0) is 47.2 Å². The molecule has 0 saturated heterocycles. The molecular formula is C44H30N6O6. The maximum absolute atomic E-state index is 11.8. The van der Waals surface area contributed by atoms with E-state index in [4.69, 9.17) is 9.47 Å². The molecule has 0 atom stereocenters. The van der Waals surface area contributed by atoms with Crippen molar-refractivity contribution in [3.63, 3.8) is 0 Å². The van der Waals surface area contributed by atoms with Gasteiger partial charge in [-0.3, -0.25) is 0 Å². The van der Waals surface area contributed by atoms with E-state index in [0.717, 1.165) is 22.3 Å². The molecule has 2 N–H and O–H groups in total. The molecule has 4 aromatic carbocycles. The van der Waals surface area contributed by atoms with Crippen LogP contribution >= 0.6 is 0 Å². The summed E-state index contributed by atoms with van der Waals surface area (Å²) in [5.41, 5.74) is 4.81. The summed E-state index contributed by atoms with van der Waals surface area (Å²) in [5.74, 6) is 10.3. The van der Waals surface area contributed by atoms with Gasteiger partial charge in [0, 0.05) is 23.3 Å². The Bertz CT molecular complexity index is 2570. The van der Waals surface area contributed by atoms with E-state index in [1.807, 2.05) is 121 Å². The number of carboxylic acid groups (broad SMARTS) is 2. The van der Waals surface area contributed by atoms with Gasteiger partial charge in [0.15, 0.2) is 11.3 Å². The Morgan fingerprint density at radius 3 is 1.23 bits per heavy atom. The molecule has 0 spiro atoms. The summed E-state index contributed by atoms with van der Waals surface area (Å²) in [6.07, 6.45) is 2.60. The van der Waals surface area contributed by atoms with Crippen LogP contribution in [0.25, 0.3) is 11.3 Å². The van der Waals surface area contributed by atoms with Gasteiger partial charge in [0.05, 0.1) is 0 Å². The van der Waals surface area contributed by atoms with Crippen molar-refractivity contribution in [1.29, 1.82) is 0 Å². The summed E-state index contributed by atoms with van der Waals surface area (Å²) in [4.78, 5) is 31.9. The molecule has 0 aliphatic heterocycles. The highest BCUT2D eigenvalue weighted by atomic mass is 16.5. The van der Waals surface area contributed by atoms with Crippen LogP contribution in [0.15, 0.2) is 146 Å². The maximum atomic E-state index is 11.8. The third-order valence-corrected chi connectivity index (χ3v) is 8.15. The van der Waals surface area contributed by atoms with Crippen molar-refractivity contribution in [2.75, 3.05) is 0 Å². The number of ether oxygens (including phenoxy) is 2. The van der Waals surface area contributed by atoms with E-state index >= 15 is 0 Å². The number of carboxylic acids is 2. The minimum atomic E-state index is -1.14. The highest BCUT2D eigenvalue weighted by molar-refractivity contribution is 5.98. The van der Waals surface area contributed by atoms with Crippen LogP contribution in [0.1, 0.15) is 54.4 Å². The highest BCUT2D eigenvalue weighted by Gasteiger charge is 2.22. The molecule has 0 unspecified atom stereocenters. The molecule has 0 amide bonds. The summed E-state index contributed by atoms with van der Waals surface area (Å²) >= 11 is 0. The second-order valence-electron chi connectivity index (χ2n) is 11.9. The molecule has 0 fully saturated rings. The monoisotopic (exact) mass is 738 g/mol. The van der Waals surface area contributed by atoms with Crippen molar-refractivity contribution < 1.29 is 29.3 Å².